The third kappa shape index (κ3) is 3.80. The minimum absolute atomic E-state index is 0.409. The maximum absolute atomic E-state index is 3.53. The molecule has 2 unspecified atom stereocenters. The Kier molecular flexibility index (Phi) is 6.02. The van der Waals surface area contributed by atoms with Crippen LogP contribution >= 0.6 is 0 Å². The Hall–Kier alpha value is -0.860. The monoisotopic (exact) mass is 262 g/mol. The first kappa shape index (κ1) is 16.2. The van der Waals surface area contributed by atoms with E-state index in [9.17, 15) is 0 Å². The maximum atomic E-state index is 3.53. The van der Waals surface area contributed by atoms with Gasteiger partial charge < -0.3 is 10.6 Å². The number of hydrogen-bond donors (Lipinski definition) is 2. The molecule has 1 aromatic carbocycles. The second-order valence-electron chi connectivity index (χ2n) is 6.02. The van der Waals surface area contributed by atoms with Crippen molar-refractivity contribution in [3.63, 3.8) is 0 Å². The third-order valence-corrected chi connectivity index (χ3v) is 4.25. The molecule has 0 bridgehead atoms. The topological polar surface area (TPSA) is 24.1 Å². The SMILES string of the molecule is CNCC(C(C)C)C(NC)c1cc(C)c(C)cc1C. The first-order valence-electron chi connectivity index (χ1n) is 7.32. The van der Waals surface area contributed by atoms with Gasteiger partial charge >= 0.3 is 0 Å². The van der Waals surface area contributed by atoms with Crippen LogP contribution in [0, 0.1) is 32.6 Å². The Bertz CT molecular complexity index is 410. The van der Waals surface area contributed by atoms with Gasteiger partial charge in [-0.3, -0.25) is 0 Å². The van der Waals surface area contributed by atoms with Crippen LogP contribution in [-0.2, 0) is 0 Å². The molecule has 2 N–H and O–H groups in total. The van der Waals surface area contributed by atoms with E-state index < -0.39 is 0 Å². The van der Waals surface area contributed by atoms with E-state index in [0.717, 1.165) is 6.54 Å². The van der Waals surface area contributed by atoms with Gasteiger partial charge in [0.1, 0.15) is 0 Å². The summed E-state index contributed by atoms with van der Waals surface area (Å²) in [6.07, 6.45) is 0. The van der Waals surface area contributed by atoms with Gasteiger partial charge in [-0.25, -0.2) is 0 Å². The molecule has 1 aromatic rings. The average molecular weight is 262 g/mol. The first-order chi connectivity index (χ1) is 8.92. The van der Waals surface area contributed by atoms with E-state index in [2.05, 4.69) is 64.4 Å². The highest BCUT2D eigenvalue weighted by atomic mass is 14.9. The van der Waals surface area contributed by atoms with Crippen molar-refractivity contribution < 1.29 is 0 Å². The van der Waals surface area contributed by atoms with Crippen LogP contribution in [0.2, 0.25) is 0 Å². The van der Waals surface area contributed by atoms with E-state index in [1.54, 1.807) is 0 Å². The lowest BCUT2D eigenvalue weighted by Crippen LogP contribution is -2.35. The smallest absolute Gasteiger partial charge is 0.0363 e. The van der Waals surface area contributed by atoms with Gasteiger partial charge in [-0.05, 0) is 75.5 Å². The van der Waals surface area contributed by atoms with E-state index in [1.165, 1.54) is 22.3 Å². The summed E-state index contributed by atoms with van der Waals surface area (Å²) < 4.78 is 0. The predicted octanol–water partition coefficient (Wildman–Crippen LogP) is 3.36. The van der Waals surface area contributed by atoms with Crippen molar-refractivity contribution in [1.29, 1.82) is 0 Å². The highest BCUT2D eigenvalue weighted by Crippen LogP contribution is 2.31. The van der Waals surface area contributed by atoms with Crippen LogP contribution in [0.5, 0.6) is 0 Å². The summed E-state index contributed by atoms with van der Waals surface area (Å²) in [4.78, 5) is 0. The molecule has 0 radical (unpaired) electrons. The number of benzene rings is 1. The van der Waals surface area contributed by atoms with Crippen LogP contribution in [-0.4, -0.2) is 20.6 Å². The molecule has 1 rings (SSSR count). The quantitative estimate of drug-likeness (QED) is 0.821. The van der Waals surface area contributed by atoms with Crippen molar-refractivity contribution in [3.05, 3.63) is 34.4 Å². The molecule has 0 heterocycles. The maximum Gasteiger partial charge on any atom is 0.0363 e. The van der Waals surface area contributed by atoms with Crippen molar-refractivity contribution in [3.8, 4) is 0 Å². The molecule has 0 fully saturated rings. The normalized spacial score (nSPS) is 14.7. The van der Waals surface area contributed by atoms with E-state index >= 15 is 0 Å². The fraction of sp³-hybridized carbons (Fsp3) is 0.647. The van der Waals surface area contributed by atoms with Crippen molar-refractivity contribution in [2.75, 3.05) is 20.6 Å². The van der Waals surface area contributed by atoms with E-state index in [1.807, 2.05) is 7.05 Å². The molecule has 0 saturated heterocycles. The zero-order valence-corrected chi connectivity index (χ0v) is 13.6. The largest absolute Gasteiger partial charge is 0.319 e. The molecule has 19 heavy (non-hydrogen) atoms. The van der Waals surface area contributed by atoms with Crippen molar-refractivity contribution in [2.45, 2.75) is 40.7 Å². The van der Waals surface area contributed by atoms with Gasteiger partial charge in [0.15, 0.2) is 0 Å². The molecule has 0 spiro atoms. The summed E-state index contributed by atoms with van der Waals surface area (Å²) >= 11 is 0. The van der Waals surface area contributed by atoms with Gasteiger partial charge in [-0.15, -0.1) is 0 Å². The summed E-state index contributed by atoms with van der Waals surface area (Å²) in [5, 5.41) is 6.87. The van der Waals surface area contributed by atoms with Crippen LogP contribution in [0.15, 0.2) is 12.1 Å². The molecule has 2 heteroatoms. The van der Waals surface area contributed by atoms with Crippen LogP contribution in [0.4, 0.5) is 0 Å². The lowest BCUT2D eigenvalue weighted by molar-refractivity contribution is 0.284. The van der Waals surface area contributed by atoms with Crippen LogP contribution in [0.25, 0.3) is 0 Å². The second kappa shape index (κ2) is 7.06. The second-order valence-corrected chi connectivity index (χ2v) is 6.02. The zero-order valence-electron chi connectivity index (χ0n) is 13.6. The summed E-state index contributed by atoms with van der Waals surface area (Å²) in [7, 11) is 4.11. The molecule has 0 aliphatic heterocycles. The van der Waals surface area contributed by atoms with Gasteiger partial charge in [0.2, 0.25) is 0 Å². The number of nitrogens with one attached hydrogen (secondary N) is 2. The molecule has 0 amide bonds. The number of aryl methyl sites for hydroxylation is 3. The lowest BCUT2D eigenvalue weighted by atomic mass is 9.82. The molecule has 2 atom stereocenters. The number of rotatable bonds is 6. The average Bonchev–Trinajstić information content (AvgIpc) is 2.34. The van der Waals surface area contributed by atoms with Crippen LogP contribution < -0.4 is 10.6 Å². The highest BCUT2D eigenvalue weighted by Gasteiger charge is 2.25. The Morgan fingerprint density at radius 2 is 1.53 bits per heavy atom. The summed E-state index contributed by atoms with van der Waals surface area (Å²) in [6, 6.07) is 5.08. The van der Waals surface area contributed by atoms with Crippen molar-refractivity contribution >= 4 is 0 Å². The Morgan fingerprint density at radius 1 is 0.947 bits per heavy atom. The van der Waals surface area contributed by atoms with Gasteiger partial charge in [-0.1, -0.05) is 26.0 Å². The summed E-state index contributed by atoms with van der Waals surface area (Å²) in [6.45, 7) is 12.3. The molecular weight excluding hydrogens is 232 g/mol. The minimum Gasteiger partial charge on any atom is -0.319 e. The molecule has 2 nitrogen and oxygen atoms in total. The summed E-state index contributed by atoms with van der Waals surface area (Å²) in [5.74, 6) is 1.24. The van der Waals surface area contributed by atoms with Gasteiger partial charge in [0, 0.05) is 6.04 Å². The fourth-order valence-electron chi connectivity index (χ4n) is 2.89. The van der Waals surface area contributed by atoms with Gasteiger partial charge in [-0.2, -0.15) is 0 Å². The van der Waals surface area contributed by atoms with E-state index in [4.69, 9.17) is 0 Å². The first-order valence-corrected chi connectivity index (χ1v) is 7.32. The van der Waals surface area contributed by atoms with Crippen molar-refractivity contribution in [2.24, 2.45) is 11.8 Å². The van der Waals surface area contributed by atoms with Crippen LogP contribution in [0.1, 0.15) is 42.1 Å². The standard InChI is InChI=1S/C17H30N2/c1-11(2)16(10-18-6)17(19-7)15-9-13(4)12(3)8-14(15)5/h8-9,11,16-19H,10H2,1-7H3. The van der Waals surface area contributed by atoms with E-state index in [-0.39, 0.29) is 0 Å². The minimum atomic E-state index is 0.409. The van der Waals surface area contributed by atoms with Gasteiger partial charge in [0.05, 0.1) is 0 Å². The zero-order chi connectivity index (χ0) is 14.6. The fourth-order valence-corrected chi connectivity index (χ4v) is 2.89. The molecule has 0 aromatic heterocycles. The van der Waals surface area contributed by atoms with Crippen LogP contribution in [0.3, 0.4) is 0 Å². The van der Waals surface area contributed by atoms with Crippen molar-refractivity contribution in [1.82, 2.24) is 10.6 Å². The van der Waals surface area contributed by atoms with E-state index in [0.29, 0.717) is 17.9 Å². The Morgan fingerprint density at radius 3 is 2.00 bits per heavy atom. The summed E-state index contributed by atoms with van der Waals surface area (Å²) in [5.41, 5.74) is 5.60. The molecule has 0 aliphatic carbocycles. The predicted molar refractivity (Wildman–Crippen MR) is 84.7 cm³/mol. The molecule has 0 saturated carbocycles. The number of hydrogen-bond acceptors (Lipinski definition) is 2. The Labute approximate surface area is 119 Å². The Balaban J connectivity index is 3.18. The molecular formula is C17H30N2. The van der Waals surface area contributed by atoms with Gasteiger partial charge in [0.25, 0.3) is 0 Å². The molecule has 0 aliphatic rings. The molecule has 108 valence electrons. The lowest BCUT2D eigenvalue weighted by Gasteiger charge is -2.32. The highest BCUT2D eigenvalue weighted by molar-refractivity contribution is 5.38. The third-order valence-electron chi connectivity index (χ3n) is 4.25.